The van der Waals surface area contributed by atoms with Gasteiger partial charge in [0.15, 0.2) is 0 Å². The van der Waals surface area contributed by atoms with Gasteiger partial charge in [-0.05, 0) is 48.3 Å². The van der Waals surface area contributed by atoms with Crippen LogP contribution in [0.15, 0.2) is 22.8 Å². The molecule has 0 amide bonds. The Morgan fingerprint density at radius 3 is 2.62 bits per heavy atom. The van der Waals surface area contributed by atoms with E-state index in [4.69, 9.17) is 0 Å². The quantitative estimate of drug-likeness (QED) is 0.894. The molecule has 0 aliphatic carbocycles. The van der Waals surface area contributed by atoms with E-state index in [-0.39, 0.29) is 0 Å². The summed E-state index contributed by atoms with van der Waals surface area (Å²) < 4.78 is 15.8. The Hall–Kier alpha value is -1.27. The molecule has 2 aromatic heterocycles. The molecule has 1 atom stereocenters. The molecule has 0 saturated carbocycles. The van der Waals surface area contributed by atoms with Crippen molar-refractivity contribution in [2.24, 2.45) is 0 Å². The highest BCUT2D eigenvalue weighted by atomic mass is 79.9. The number of halogens is 2. The highest BCUT2D eigenvalue weighted by Gasteiger charge is 2.32. The Bertz CT molecular complexity index is 627. The molecule has 0 spiro atoms. The van der Waals surface area contributed by atoms with E-state index in [9.17, 15) is 9.50 Å². The standard InChI is InChI=1S/C15H19BrFN3O/c1-4-15(21,13-7-6-11(17)9-18-13)8-12-14(16)10(3)19-20(12)5-2/h6-7,9,21H,4-5,8H2,1-3H3. The Balaban J connectivity index is 2.40. The van der Waals surface area contributed by atoms with Gasteiger partial charge in [-0.25, -0.2) is 4.39 Å². The lowest BCUT2D eigenvalue weighted by atomic mass is 9.90. The Labute approximate surface area is 132 Å². The van der Waals surface area contributed by atoms with Crippen LogP contribution in [-0.4, -0.2) is 19.9 Å². The summed E-state index contributed by atoms with van der Waals surface area (Å²) in [6.07, 6.45) is 1.98. The van der Waals surface area contributed by atoms with E-state index in [0.29, 0.717) is 18.5 Å². The third kappa shape index (κ3) is 3.16. The number of aliphatic hydroxyl groups is 1. The smallest absolute Gasteiger partial charge is 0.141 e. The fraction of sp³-hybridized carbons (Fsp3) is 0.467. The lowest BCUT2D eigenvalue weighted by Crippen LogP contribution is -2.30. The molecule has 1 unspecified atom stereocenters. The van der Waals surface area contributed by atoms with Gasteiger partial charge in [-0.2, -0.15) is 5.10 Å². The molecule has 4 nitrogen and oxygen atoms in total. The summed E-state index contributed by atoms with van der Waals surface area (Å²) in [6, 6.07) is 2.85. The maximum Gasteiger partial charge on any atom is 0.141 e. The molecular formula is C15H19BrFN3O. The molecule has 0 aromatic carbocycles. The van der Waals surface area contributed by atoms with E-state index in [1.165, 1.54) is 12.1 Å². The molecule has 21 heavy (non-hydrogen) atoms. The molecule has 2 heterocycles. The van der Waals surface area contributed by atoms with Crippen LogP contribution in [0.4, 0.5) is 4.39 Å². The molecule has 0 aliphatic rings. The summed E-state index contributed by atoms with van der Waals surface area (Å²) in [7, 11) is 0. The van der Waals surface area contributed by atoms with Crippen LogP contribution in [-0.2, 0) is 18.6 Å². The van der Waals surface area contributed by atoms with Crippen LogP contribution >= 0.6 is 15.9 Å². The lowest BCUT2D eigenvalue weighted by Gasteiger charge is -2.26. The molecule has 2 aromatic rings. The number of aromatic nitrogens is 3. The zero-order chi connectivity index (χ0) is 15.6. The number of rotatable bonds is 5. The van der Waals surface area contributed by atoms with E-state index in [2.05, 4.69) is 26.0 Å². The number of pyridine rings is 1. The predicted octanol–water partition coefficient (Wildman–Crippen LogP) is 3.35. The van der Waals surface area contributed by atoms with Gasteiger partial charge in [-0.1, -0.05) is 6.92 Å². The molecule has 2 rings (SSSR count). The normalized spacial score (nSPS) is 14.2. The summed E-state index contributed by atoms with van der Waals surface area (Å²) in [6.45, 7) is 6.53. The minimum atomic E-state index is -1.14. The molecule has 0 radical (unpaired) electrons. The monoisotopic (exact) mass is 355 g/mol. The molecule has 114 valence electrons. The Morgan fingerprint density at radius 2 is 2.10 bits per heavy atom. The van der Waals surface area contributed by atoms with E-state index >= 15 is 0 Å². The fourth-order valence-corrected chi connectivity index (χ4v) is 2.79. The van der Waals surface area contributed by atoms with Crippen molar-refractivity contribution in [1.29, 1.82) is 0 Å². The third-order valence-corrected chi connectivity index (χ3v) is 4.73. The third-order valence-electron chi connectivity index (χ3n) is 3.70. The second-order valence-electron chi connectivity index (χ2n) is 5.09. The average molecular weight is 356 g/mol. The minimum absolute atomic E-state index is 0.372. The van der Waals surface area contributed by atoms with Crippen molar-refractivity contribution in [1.82, 2.24) is 14.8 Å². The van der Waals surface area contributed by atoms with E-state index in [0.717, 1.165) is 28.6 Å². The van der Waals surface area contributed by atoms with Gasteiger partial charge < -0.3 is 5.11 Å². The highest BCUT2D eigenvalue weighted by molar-refractivity contribution is 9.10. The van der Waals surface area contributed by atoms with Gasteiger partial charge in [0.2, 0.25) is 0 Å². The van der Waals surface area contributed by atoms with E-state index in [1.807, 2.05) is 25.5 Å². The summed E-state index contributed by atoms with van der Waals surface area (Å²) in [4.78, 5) is 4.04. The van der Waals surface area contributed by atoms with Crippen molar-refractivity contribution < 1.29 is 9.50 Å². The predicted molar refractivity (Wildman–Crippen MR) is 82.4 cm³/mol. The first kappa shape index (κ1) is 16.1. The molecule has 6 heteroatoms. The minimum Gasteiger partial charge on any atom is -0.383 e. The maximum atomic E-state index is 13.0. The van der Waals surface area contributed by atoms with Crippen LogP contribution < -0.4 is 0 Å². The molecule has 0 fully saturated rings. The first-order valence-electron chi connectivity index (χ1n) is 6.97. The Morgan fingerprint density at radius 1 is 1.38 bits per heavy atom. The summed E-state index contributed by atoms with van der Waals surface area (Å²) in [5.41, 5.74) is 1.14. The SMILES string of the molecule is CCn1nc(C)c(Br)c1CC(O)(CC)c1ccc(F)cn1. The van der Waals surface area contributed by atoms with Crippen LogP contribution in [0.5, 0.6) is 0 Å². The van der Waals surface area contributed by atoms with Crippen LogP contribution in [0.1, 0.15) is 37.4 Å². The van der Waals surface area contributed by atoms with Gasteiger partial charge >= 0.3 is 0 Å². The highest BCUT2D eigenvalue weighted by Crippen LogP contribution is 2.32. The van der Waals surface area contributed by atoms with Gasteiger partial charge in [0, 0.05) is 13.0 Å². The second-order valence-corrected chi connectivity index (χ2v) is 5.88. The molecule has 1 N–H and O–H groups in total. The van der Waals surface area contributed by atoms with E-state index in [1.54, 1.807) is 0 Å². The Kier molecular flexibility index (Phi) is 4.78. The topological polar surface area (TPSA) is 50.9 Å². The van der Waals surface area contributed by atoms with Crippen molar-refractivity contribution in [2.45, 2.75) is 45.8 Å². The number of hydrogen-bond donors (Lipinski definition) is 1. The fourth-order valence-electron chi connectivity index (χ4n) is 2.36. The van der Waals surface area contributed by atoms with Crippen LogP contribution in [0.2, 0.25) is 0 Å². The van der Waals surface area contributed by atoms with Gasteiger partial charge in [0.25, 0.3) is 0 Å². The van der Waals surface area contributed by atoms with E-state index < -0.39 is 11.4 Å². The number of aryl methyl sites for hydroxylation is 2. The first-order chi connectivity index (χ1) is 9.91. The van der Waals surface area contributed by atoms with Crippen molar-refractivity contribution in [3.05, 3.63) is 45.7 Å². The lowest BCUT2D eigenvalue weighted by molar-refractivity contribution is 0.0260. The van der Waals surface area contributed by atoms with Crippen molar-refractivity contribution >= 4 is 15.9 Å². The molecule has 0 bridgehead atoms. The average Bonchev–Trinajstić information content (AvgIpc) is 2.75. The first-order valence-corrected chi connectivity index (χ1v) is 7.76. The number of hydrogen-bond acceptors (Lipinski definition) is 3. The van der Waals surface area contributed by atoms with Crippen LogP contribution in [0, 0.1) is 12.7 Å². The zero-order valence-electron chi connectivity index (χ0n) is 12.4. The molecule has 0 saturated heterocycles. The van der Waals surface area contributed by atoms with Gasteiger partial charge in [0.05, 0.1) is 27.8 Å². The zero-order valence-corrected chi connectivity index (χ0v) is 14.0. The van der Waals surface area contributed by atoms with Gasteiger partial charge in [-0.15, -0.1) is 0 Å². The van der Waals surface area contributed by atoms with Crippen molar-refractivity contribution in [3.63, 3.8) is 0 Å². The summed E-state index contributed by atoms with van der Waals surface area (Å²) in [5, 5.41) is 15.4. The maximum absolute atomic E-state index is 13.0. The van der Waals surface area contributed by atoms with Crippen molar-refractivity contribution in [3.8, 4) is 0 Å². The summed E-state index contributed by atoms with van der Waals surface area (Å²) >= 11 is 3.53. The van der Waals surface area contributed by atoms with Gasteiger partial charge in [0.1, 0.15) is 11.4 Å². The van der Waals surface area contributed by atoms with Crippen LogP contribution in [0.3, 0.4) is 0 Å². The number of nitrogens with zero attached hydrogens (tertiary/aromatic N) is 3. The second kappa shape index (κ2) is 6.23. The molecular weight excluding hydrogens is 337 g/mol. The summed E-state index contributed by atoms with van der Waals surface area (Å²) in [5.74, 6) is -0.409. The molecule has 0 aliphatic heterocycles. The largest absolute Gasteiger partial charge is 0.383 e. The van der Waals surface area contributed by atoms with Crippen LogP contribution in [0.25, 0.3) is 0 Å². The van der Waals surface area contributed by atoms with Gasteiger partial charge in [-0.3, -0.25) is 9.67 Å². The van der Waals surface area contributed by atoms with Crippen molar-refractivity contribution in [2.75, 3.05) is 0 Å².